The normalized spacial score (nSPS) is 38.1. The van der Waals surface area contributed by atoms with Gasteiger partial charge in [0, 0.05) is 0 Å². The van der Waals surface area contributed by atoms with Gasteiger partial charge >= 0.3 is 69.5 Å². The second-order valence-corrected chi connectivity index (χ2v) is 9.36. The van der Waals surface area contributed by atoms with Crippen molar-refractivity contribution in [3.05, 3.63) is 0 Å². The van der Waals surface area contributed by atoms with Gasteiger partial charge in [0.25, 0.3) is 0 Å². The van der Waals surface area contributed by atoms with Crippen LogP contribution in [-0.4, -0.2) is 132 Å². The maximum absolute atomic E-state index is 11.3. The van der Waals surface area contributed by atoms with E-state index in [2.05, 4.69) is 13.4 Å². The van der Waals surface area contributed by atoms with Crippen molar-refractivity contribution in [2.75, 3.05) is 13.2 Å². The summed E-state index contributed by atoms with van der Waals surface area (Å²) in [6, 6.07) is -1.69. The van der Waals surface area contributed by atoms with Crippen molar-refractivity contribution in [2.24, 2.45) is 4.99 Å². The van der Waals surface area contributed by atoms with Crippen LogP contribution in [0.4, 0.5) is 0 Å². The zero-order valence-corrected chi connectivity index (χ0v) is 24.8. The van der Waals surface area contributed by atoms with E-state index >= 15 is 0 Å². The molecule has 0 bridgehead atoms. The Balaban J connectivity index is 0.00000612. The zero-order valence-electron chi connectivity index (χ0n) is 19.1. The molecule has 2 rings (SSSR count). The van der Waals surface area contributed by atoms with Crippen molar-refractivity contribution in [3.63, 3.8) is 0 Å². The molecular formula is C14H23NNa2O17S2. The van der Waals surface area contributed by atoms with Crippen molar-refractivity contribution in [1.29, 1.82) is 0 Å². The molecule has 0 radical (unpaired) electrons. The molecule has 22 heteroatoms. The molecule has 2 fully saturated rings. The first-order valence-corrected chi connectivity index (χ1v) is 12.0. The zero-order chi connectivity index (χ0) is 26.0. The first-order valence-electron chi connectivity index (χ1n) is 9.30. The molecule has 2 saturated heterocycles. The molecule has 0 aliphatic carbocycles. The Morgan fingerprint density at radius 3 is 1.94 bits per heavy atom. The molecule has 0 aromatic heterocycles. The first kappa shape index (κ1) is 36.9. The van der Waals surface area contributed by atoms with Gasteiger partial charge in [-0.2, -0.15) is 8.42 Å². The molecule has 10 atom stereocenters. The van der Waals surface area contributed by atoms with Gasteiger partial charge in [0.2, 0.25) is 10.4 Å². The topological polar surface area (TPSA) is 294 Å². The number of nitrogens with zero attached hydrogens (tertiary/aromatic N) is 1. The van der Waals surface area contributed by atoms with Gasteiger partial charge in [0.1, 0.15) is 48.8 Å². The van der Waals surface area contributed by atoms with E-state index in [1.165, 1.54) is 0 Å². The average molecular weight is 587 g/mol. The Kier molecular flexibility index (Phi) is 15.4. The monoisotopic (exact) mass is 587 g/mol. The van der Waals surface area contributed by atoms with E-state index in [1.807, 2.05) is 0 Å². The molecule has 200 valence electrons. The van der Waals surface area contributed by atoms with Crippen LogP contribution in [0.3, 0.4) is 0 Å². The molecule has 0 aromatic carbocycles. The predicted molar refractivity (Wildman–Crippen MR) is 98.5 cm³/mol. The van der Waals surface area contributed by atoms with Crippen molar-refractivity contribution < 1.29 is 138 Å². The van der Waals surface area contributed by atoms with Crippen molar-refractivity contribution in [1.82, 2.24) is 0 Å². The minimum absolute atomic E-state index is 0. The number of aliphatic hydroxyl groups is 5. The molecule has 18 nitrogen and oxygen atoms in total. The summed E-state index contributed by atoms with van der Waals surface area (Å²) >= 11 is 0. The van der Waals surface area contributed by atoms with Crippen LogP contribution in [-0.2, 0) is 43.4 Å². The second-order valence-electron chi connectivity index (χ2n) is 7.21. The summed E-state index contributed by atoms with van der Waals surface area (Å²) in [4.78, 5) is 3.44. The van der Waals surface area contributed by atoms with Crippen LogP contribution >= 0.6 is 0 Å². The number of ether oxygens (including phenoxy) is 3. The number of rotatable bonds is 9. The molecule has 0 spiro atoms. The van der Waals surface area contributed by atoms with Gasteiger partial charge in [-0.05, 0) is 12.8 Å². The first-order chi connectivity index (χ1) is 15.5. The molecule has 2 heterocycles. The summed E-state index contributed by atoms with van der Waals surface area (Å²) in [6.07, 6.45) is -17.4. The van der Waals surface area contributed by atoms with Gasteiger partial charge in [-0.3, -0.25) is 13.7 Å². The van der Waals surface area contributed by atoms with Crippen LogP contribution in [0.2, 0.25) is 0 Å². The molecule has 0 aromatic rings. The van der Waals surface area contributed by atoms with Crippen molar-refractivity contribution >= 4 is 26.7 Å². The molecule has 2 aliphatic rings. The van der Waals surface area contributed by atoms with Crippen molar-refractivity contribution in [2.45, 2.75) is 68.3 Å². The second kappa shape index (κ2) is 15.0. The fourth-order valence-corrected chi connectivity index (χ4v) is 3.80. The Morgan fingerprint density at radius 2 is 1.44 bits per heavy atom. The van der Waals surface area contributed by atoms with E-state index in [4.69, 9.17) is 18.8 Å². The molecule has 0 amide bonds. The van der Waals surface area contributed by atoms with Gasteiger partial charge in [0.05, 0.1) is 13.2 Å². The molecule has 0 saturated carbocycles. The van der Waals surface area contributed by atoms with Crippen LogP contribution in [0.25, 0.3) is 0 Å². The van der Waals surface area contributed by atoms with Crippen LogP contribution in [0, 0.1) is 0 Å². The van der Waals surface area contributed by atoms with Gasteiger partial charge in [0.15, 0.2) is 12.6 Å². The fourth-order valence-electron chi connectivity index (χ4n) is 3.20. The Bertz CT molecular complexity index is 932. The average Bonchev–Trinajstić information content (AvgIpc) is 2.69. The van der Waals surface area contributed by atoms with E-state index in [1.54, 1.807) is 0 Å². The van der Waals surface area contributed by atoms with E-state index in [0.717, 1.165) is 6.92 Å². The van der Waals surface area contributed by atoms with Gasteiger partial charge in [-0.1, -0.05) is 0 Å². The Morgan fingerprint density at radius 1 is 0.889 bits per heavy atom. The van der Waals surface area contributed by atoms with Gasteiger partial charge in [-0.15, -0.1) is 0 Å². The SMILES string of the molecule is CC([O-])=N[C@@H]1C(O)O[C@H](COS(=O)(=O)O)[C@@H](O[C@@H]2O[C@H](COS(=O)(=O)[O-])[C@H](O)[C@H](O)[C@H]2O)[C@@H]1O.[Na+].[Na+]. The van der Waals surface area contributed by atoms with Crippen molar-refractivity contribution in [3.8, 4) is 0 Å². The predicted octanol–water partition coefficient (Wildman–Crippen LogP) is -12.3. The Labute approximate surface area is 249 Å². The number of hydrogen-bond donors (Lipinski definition) is 6. The van der Waals surface area contributed by atoms with E-state index < -0.39 is 101 Å². The standard InChI is InChI=1S/C14H25NO17S2.2Na/c1-4(16)15-7-9(18)12(6(30-13(7)21)3-29-34(25,26)27)32-14-11(20)10(19)8(17)5(31-14)2-28-33(22,23)24;;/h5-14,17-21H,2-3H2,1H3,(H,15,16)(H,22,23,24)(H,25,26,27);;/q;2*+1/p-2/t5-,6-,7+,8+,9-,10+,11-,12-,13?,14+;;/m1../s1. The summed E-state index contributed by atoms with van der Waals surface area (Å²) in [5, 5.41) is 62.1. The third-order valence-corrected chi connectivity index (χ3v) is 5.57. The van der Waals surface area contributed by atoms with Gasteiger partial charge < -0.3 is 49.4 Å². The number of hydrogen-bond acceptors (Lipinski definition) is 17. The number of aliphatic imine (C=N–C) groups is 1. The third kappa shape index (κ3) is 10.8. The third-order valence-electron chi connectivity index (χ3n) is 4.71. The minimum Gasteiger partial charge on any atom is -0.862 e. The summed E-state index contributed by atoms with van der Waals surface area (Å²) in [7, 11) is -10.3. The summed E-state index contributed by atoms with van der Waals surface area (Å²) < 4.78 is 86.2. The largest absolute Gasteiger partial charge is 1.00 e. The van der Waals surface area contributed by atoms with Crippen LogP contribution < -0.4 is 64.2 Å². The summed E-state index contributed by atoms with van der Waals surface area (Å²) in [5.74, 6) is -0.860. The van der Waals surface area contributed by atoms with E-state index in [9.17, 15) is 52.0 Å². The molecule has 2 aliphatic heterocycles. The van der Waals surface area contributed by atoms with Gasteiger partial charge in [-0.25, -0.2) is 12.6 Å². The van der Waals surface area contributed by atoms with Crippen LogP contribution in [0.15, 0.2) is 4.99 Å². The molecule has 6 N–H and O–H groups in total. The maximum atomic E-state index is 11.3. The number of aliphatic hydroxyl groups excluding tert-OH is 5. The molecule has 36 heavy (non-hydrogen) atoms. The molecule has 1 unspecified atom stereocenters. The summed E-state index contributed by atoms with van der Waals surface area (Å²) in [5.41, 5.74) is 0. The fraction of sp³-hybridized carbons (Fsp3) is 0.929. The molecular weight excluding hydrogens is 564 g/mol. The minimum atomic E-state index is -5.24. The smallest absolute Gasteiger partial charge is 0.862 e. The maximum Gasteiger partial charge on any atom is 1.00 e. The quantitative estimate of drug-likeness (QED) is 0.0479. The van der Waals surface area contributed by atoms with E-state index in [-0.39, 0.29) is 59.1 Å². The van der Waals surface area contributed by atoms with E-state index in [0.29, 0.717) is 0 Å². The van der Waals surface area contributed by atoms with Crippen LogP contribution in [0.1, 0.15) is 6.92 Å². The Hall–Kier alpha value is 0.890. The summed E-state index contributed by atoms with van der Waals surface area (Å²) in [6.45, 7) is -1.21. The van der Waals surface area contributed by atoms with Crippen LogP contribution in [0.5, 0.6) is 0 Å².